The summed E-state index contributed by atoms with van der Waals surface area (Å²) in [4.78, 5) is 42.9. The summed E-state index contributed by atoms with van der Waals surface area (Å²) in [5.41, 5.74) is 6.25. The fourth-order valence-corrected chi connectivity index (χ4v) is 8.10. The minimum absolute atomic E-state index is 0.102. The van der Waals surface area contributed by atoms with Crippen molar-refractivity contribution in [1.29, 1.82) is 5.26 Å². The van der Waals surface area contributed by atoms with E-state index >= 15 is 0 Å². The molecule has 3 aliphatic rings. The third-order valence-electron chi connectivity index (χ3n) is 11.0. The molecule has 0 radical (unpaired) electrons. The van der Waals surface area contributed by atoms with Crippen molar-refractivity contribution in [2.45, 2.75) is 59.2 Å². The molecule has 0 bridgehead atoms. The van der Waals surface area contributed by atoms with Crippen LogP contribution in [0.5, 0.6) is 0 Å². The van der Waals surface area contributed by atoms with Gasteiger partial charge in [-0.2, -0.15) is 5.26 Å². The first-order chi connectivity index (χ1) is 25.8. The van der Waals surface area contributed by atoms with Gasteiger partial charge in [-0.15, -0.1) is 0 Å². The fourth-order valence-electron chi connectivity index (χ4n) is 8.10. The van der Waals surface area contributed by atoms with E-state index < -0.39 is 0 Å². The number of nitrogens with zero attached hydrogens (tertiary/aromatic N) is 8. The van der Waals surface area contributed by atoms with Crippen LogP contribution < -0.4 is 21.1 Å². The Labute approximate surface area is 316 Å². The van der Waals surface area contributed by atoms with Crippen LogP contribution in [0.4, 0.5) is 23.0 Å². The SMILES string of the molecule is CN1CCN(C(C)(C)/C=C(\C#N)CNc2cccc(Nc3nc(-c4ccnc(N5CCn6c(cc7c6CC(C)(C)C7)C5=O)c4CO)cn(C)c3=O)c2)CC1. The van der Waals surface area contributed by atoms with Gasteiger partial charge in [-0.25, -0.2) is 9.97 Å². The van der Waals surface area contributed by atoms with E-state index in [0.29, 0.717) is 59.2 Å². The molecule has 0 atom stereocenters. The van der Waals surface area contributed by atoms with Crippen LogP contribution >= 0.6 is 0 Å². The highest BCUT2D eigenvalue weighted by Crippen LogP contribution is 2.40. The van der Waals surface area contributed by atoms with Gasteiger partial charge in [0.2, 0.25) is 0 Å². The quantitative estimate of drug-likeness (QED) is 0.199. The molecule has 0 saturated carbocycles. The molecule has 1 fully saturated rings. The maximum Gasteiger partial charge on any atom is 0.293 e. The van der Waals surface area contributed by atoms with Gasteiger partial charge in [0.15, 0.2) is 5.82 Å². The van der Waals surface area contributed by atoms with Crippen LogP contribution in [0.3, 0.4) is 0 Å². The number of hydrogen-bond donors (Lipinski definition) is 3. The average Bonchev–Trinajstić information content (AvgIpc) is 3.64. The van der Waals surface area contributed by atoms with Gasteiger partial charge < -0.3 is 29.8 Å². The number of hydrogen-bond acceptors (Lipinski definition) is 10. The van der Waals surface area contributed by atoms with Gasteiger partial charge in [-0.1, -0.05) is 19.9 Å². The third-order valence-corrected chi connectivity index (χ3v) is 11.0. The monoisotopic (exact) mass is 730 g/mol. The molecule has 1 amide bonds. The number of anilines is 4. The molecule has 1 saturated heterocycles. The third kappa shape index (κ3) is 7.29. The Morgan fingerprint density at radius 2 is 1.80 bits per heavy atom. The summed E-state index contributed by atoms with van der Waals surface area (Å²) in [6, 6.07) is 13.6. The van der Waals surface area contributed by atoms with Crippen molar-refractivity contribution in [2.24, 2.45) is 12.5 Å². The van der Waals surface area contributed by atoms with Crippen LogP contribution in [0, 0.1) is 16.7 Å². The van der Waals surface area contributed by atoms with Gasteiger partial charge in [0.1, 0.15) is 11.5 Å². The minimum Gasteiger partial charge on any atom is -0.392 e. The number of nitrogens with one attached hydrogen (secondary N) is 2. The zero-order valence-corrected chi connectivity index (χ0v) is 32.1. The Morgan fingerprint density at radius 1 is 1.04 bits per heavy atom. The lowest BCUT2D eigenvalue weighted by Gasteiger charge is -2.42. The molecule has 4 aromatic rings. The smallest absolute Gasteiger partial charge is 0.293 e. The molecular weight excluding hydrogens is 681 g/mol. The van der Waals surface area contributed by atoms with Crippen LogP contribution in [0.2, 0.25) is 0 Å². The normalized spacial score (nSPS) is 17.6. The fraction of sp³-hybridized carbons (Fsp3) is 0.439. The molecule has 2 aliphatic heterocycles. The van der Waals surface area contributed by atoms with E-state index in [-0.39, 0.29) is 34.8 Å². The maximum absolute atomic E-state index is 13.9. The first-order valence-corrected chi connectivity index (χ1v) is 18.6. The van der Waals surface area contributed by atoms with Crippen LogP contribution in [-0.2, 0) is 33.0 Å². The molecule has 54 heavy (non-hydrogen) atoms. The zero-order valence-electron chi connectivity index (χ0n) is 32.1. The predicted octanol–water partition coefficient (Wildman–Crippen LogP) is 4.55. The molecule has 0 spiro atoms. The summed E-state index contributed by atoms with van der Waals surface area (Å²) >= 11 is 0. The largest absolute Gasteiger partial charge is 0.392 e. The van der Waals surface area contributed by atoms with E-state index in [2.05, 4.69) is 70.8 Å². The van der Waals surface area contributed by atoms with E-state index in [4.69, 9.17) is 4.98 Å². The highest BCUT2D eigenvalue weighted by Gasteiger charge is 2.37. The molecular formula is C41H50N10O3. The number of fused-ring (bicyclic) bond motifs is 3. The Hall–Kier alpha value is -5.29. The van der Waals surface area contributed by atoms with Crippen LogP contribution in [-0.4, -0.2) is 91.8 Å². The van der Waals surface area contributed by atoms with Crippen molar-refractivity contribution >= 4 is 28.9 Å². The highest BCUT2D eigenvalue weighted by atomic mass is 16.3. The molecule has 5 heterocycles. The van der Waals surface area contributed by atoms with Crippen LogP contribution in [0.15, 0.2) is 65.2 Å². The number of carbonyl (C=O) groups is 1. The topological polar surface area (TPSA) is 148 Å². The average molecular weight is 731 g/mol. The van der Waals surface area contributed by atoms with E-state index in [0.717, 1.165) is 44.7 Å². The van der Waals surface area contributed by atoms with Gasteiger partial charge in [-0.3, -0.25) is 19.4 Å². The number of carbonyl (C=O) groups excluding carboxylic acids is 1. The molecule has 1 aromatic carbocycles. The van der Waals surface area contributed by atoms with Crippen molar-refractivity contribution in [2.75, 3.05) is 61.8 Å². The Kier molecular flexibility index (Phi) is 9.95. The van der Waals surface area contributed by atoms with E-state index in [1.165, 1.54) is 15.8 Å². The number of benzene rings is 1. The number of likely N-dealkylation sites (N-methyl/N-ethyl adjacent to an activating group) is 1. The molecule has 1 aliphatic carbocycles. The van der Waals surface area contributed by atoms with Gasteiger partial charge in [0.25, 0.3) is 11.5 Å². The van der Waals surface area contributed by atoms with Crippen molar-refractivity contribution < 1.29 is 9.90 Å². The van der Waals surface area contributed by atoms with Crippen molar-refractivity contribution in [3.63, 3.8) is 0 Å². The summed E-state index contributed by atoms with van der Waals surface area (Å²) in [5.74, 6) is 0.341. The second-order valence-electron chi connectivity index (χ2n) is 16.1. The predicted molar refractivity (Wildman–Crippen MR) is 211 cm³/mol. The summed E-state index contributed by atoms with van der Waals surface area (Å²) in [6.45, 7) is 13.8. The molecule has 13 heteroatoms. The number of piperazine rings is 1. The van der Waals surface area contributed by atoms with Gasteiger partial charge in [0.05, 0.1) is 18.4 Å². The number of nitriles is 1. The van der Waals surface area contributed by atoms with Crippen molar-refractivity contribution in [3.05, 3.63) is 93.3 Å². The number of amides is 1. The molecule has 0 unspecified atom stereocenters. The Bertz CT molecular complexity index is 2220. The van der Waals surface area contributed by atoms with Crippen molar-refractivity contribution in [3.8, 4) is 17.3 Å². The second-order valence-corrected chi connectivity index (χ2v) is 16.1. The summed E-state index contributed by atoms with van der Waals surface area (Å²) in [6.07, 6.45) is 7.16. The standard InChI is InChI=1S/C41H50N10O3/c1-40(2)21-28-18-34-38(53)51(17-16-50(34)35(28)22-40)37-32(26-52)31(10-11-43-37)33-25-48(6)39(54)36(46-33)45-30-9-7-8-29(19-30)44-24-27(23-42)20-41(3,4)49-14-12-47(5)13-15-49/h7-11,18-20,25,44,52H,12-17,21-22,24,26H2,1-6H3,(H,45,46)/b27-20+. The van der Waals surface area contributed by atoms with E-state index in [9.17, 15) is 20.0 Å². The lowest BCUT2D eigenvalue weighted by atomic mass is 9.90. The molecule has 3 N–H and O–H groups in total. The zero-order chi connectivity index (χ0) is 38.4. The molecule has 3 aromatic heterocycles. The number of aliphatic hydroxyl groups is 1. The molecule has 13 nitrogen and oxygen atoms in total. The van der Waals surface area contributed by atoms with E-state index in [1.54, 1.807) is 30.4 Å². The first-order valence-electron chi connectivity index (χ1n) is 18.6. The van der Waals surface area contributed by atoms with Crippen LogP contribution in [0.25, 0.3) is 11.3 Å². The number of pyridine rings is 1. The summed E-state index contributed by atoms with van der Waals surface area (Å²) in [5, 5.41) is 27.2. The van der Waals surface area contributed by atoms with Crippen LogP contribution in [0.1, 0.15) is 55.0 Å². The number of rotatable bonds is 10. The lowest BCUT2D eigenvalue weighted by Crippen LogP contribution is -2.53. The first kappa shape index (κ1) is 37.0. The summed E-state index contributed by atoms with van der Waals surface area (Å²) < 4.78 is 3.60. The number of aliphatic hydroxyl groups excluding tert-OH is 1. The molecule has 282 valence electrons. The minimum atomic E-state index is -0.374. The highest BCUT2D eigenvalue weighted by molar-refractivity contribution is 6.06. The summed E-state index contributed by atoms with van der Waals surface area (Å²) in [7, 11) is 3.78. The lowest BCUT2D eigenvalue weighted by molar-refractivity contribution is 0.0892. The van der Waals surface area contributed by atoms with Gasteiger partial charge in [0, 0.05) is 105 Å². The maximum atomic E-state index is 13.9. The molecule has 7 rings (SSSR count). The number of aromatic nitrogens is 4. The van der Waals surface area contributed by atoms with Gasteiger partial charge >= 0.3 is 0 Å². The van der Waals surface area contributed by atoms with Crippen molar-refractivity contribution in [1.82, 2.24) is 28.9 Å². The van der Waals surface area contributed by atoms with E-state index in [1.807, 2.05) is 36.4 Å². The number of aryl methyl sites for hydroxylation is 1. The van der Waals surface area contributed by atoms with Gasteiger partial charge in [-0.05, 0) is 81.1 Å². The second kappa shape index (κ2) is 14.5. The Balaban J connectivity index is 1.10. The Morgan fingerprint density at radius 3 is 2.54 bits per heavy atom.